The van der Waals surface area contributed by atoms with E-state index in [2.05, 4.69) is 15.6 Å². The van der Waals surface area contributed by atoms with Crippen molar-refractivity contribution in [2.45, 2.75) is 19.3 Å². The van der Waals surface area contributed by atoms with E-state index in [1.165, 1.54) is 17.4 Å². The van der Waals surface area contributed by atoms with Gasteiger partial charge < -0.3 is 16.4 Å². The van der Waals surface area contributed by atoms with Crippen molar-refractivity contribution in [1.82, 2.24) is 10.3 Å². The molecule has 0 aliphatic heterocycles. The molecule has 3 amide bonds. The number of primary amides is 1. The second kappa shape index (κ2) is 8.34. The highest BCUT2D eigenvalue weighted by atomic mass is 32.1. The van der Waals surface area contributed by atoms with Gasteiger partial charge in [-0.05, 0) is 31.0 Å². The molecule has 0 aliphatic carbocycles. The number of hydrogen-bond acceptors (Lipinski definition) is 4. The van der Waals surface area contributed by atoms with Crippen LogP contribution >= 0.6 is 11.3 Å². The molecule has 0 atom stereocenters. The molecule has 0 fully saturated rings. The van der Waals surface area contributed by atoms with Crippen LogP contribution in [0.15, 0.2) is 23.6 Å². The maximum atomic E-state index is 13.2. The Morgan fingerprint density at radius 1 is 1.21 bits per heavy atom. The molecule has 0 aliphatic rings. The van der Waals surface area contributed by atoms with Crippen molar-refractivity contribution in [2.24, 2.45) is 5.73 Å². The van der Waals surface area contributed by atoms with Gasteiger partial charge in [-0.25, -0.2) is 18.6 Å². The van der Waals surface area contributed by atoms with Crippen LogP contribution in [0, 0.1) is 11.6 Å². The minimum Gasteiger partial charge on any atom is -0.352 e. The van der Waals surface area contributed by atoms with E-state index >= 15 is 0 Å². The third-order valence-electron chi connectivity index (χ3n) is 3.10. The van der Waals surface area contributed by atoms with E-state index in [0.29, 0.717) is 35.8 Å². The maximum absolute atomic E-state index is 13.2. The lowest BCUT2D eigenvalue weighted by Gasteiger charge is -2.03. The molecule has 6 nitrogen and oxygen atoms in total. The number of rotatable bonds is 7. The number of carbonyl (C=O) groups excluding carboxylic acids is 2. The summed E-state index contributed by atoms with van der Waals surface area (Å²) in [7, 11) is 0. The molecule has 0 spiro atoms. The van der Waals surface area contributed by atoms with Gasteiger partial charge >= 0.3 is 6.03 Å². The topological polar surface area (TPSA) is 97.1 Å². The van der Waals surface area contributed by atoms with Crippen LogP contribution in [0.3, 0.4) is 0 Å². The van der Waals surface area contributed by atoms with Crippen LogP contribution in [0.1, 0.15) is 19.3 Å². The van der Waals surface area contributed by atoms with Crippen LogP contribution in [-0.2, 0) is 4.79 Å². The van der Waals surface area contributed by atoms with Crippen molar-refractivity contribution < 1.29 is 18.4 Å². The first-order valence-corrected chi connectivity index (χ1v) is 8.08. The van der Waals surface area contributed by atoms with Crippen LogP contribution in [0.5, 0.6) is 0 Å². The van der Waals surface area contributed by atoms with E-state index in [1.807, 2.05) is 0 Å². The average molecular weight is 354 g/mol. The van der Waals surface area contributed by atoms with Gasteiger partial charge in [0.25, 0.3) is 0 Å². The predicted molar refractivity (Wildman–Crippen MR) is 87.5 cm³/mol. The number of nitrogens with one attached hydrogen (secondary N) is 2. The summed E-state index contributed by atoms with van der Waals surface area (Å²) in [6.45, 7) is 0.417. The molecule has 2 aromatic rings. The van der Waals surface area contributed by atoms with E-state index < -0.39 is 17.7 Å². The number of nitrogens with zero attached hydrogens (tertiary/aromatic N) is 1. The van der Waals surface area contributed by atoms with E-state index in [1.54, 1.807) is 5.38 Å². The molecule has 24 heavy (non-hydrogen) atoms. The molecular formula is C15H16F2N4O2S. The summed E-state index contributed by atoms with van der Waals surface area (Å²) in [4.78, 5) is 26.4. The molecule has 4 N–H and O–H groups in total. The van der Waals surface area contributed by atoms with Crippen LogP contribution in [0.2, 0.25) is 0 Å². The molecule has 1 heterocycles. The fourth-order valence-corrected chi connectivity index (χ4v) is 2.66. The Morgan fingerprint density at radius 3 is 2.71 bits per heavy atom. The standard InChI is InChI=1S/C15H16F2N4O2S/c16-10-5-4-9(7-11(10)17)12-8-24-15(20-12)21-13(22)3-1-2-6-19-14(18)23/h4-5,7-8H,1-3,6H2,(H3,18,19,23)(H,20,21,22). The van der Waals surface area contributed by atoms with E-state index in [4.69, 9.17) is 5.73 Å². The molecular weight excluding hydrogens is 338 g/mol. The number of aromatic nitrogens is 1. The summed E-state index contributed by atoms with van der Waals surface area (Å²) in [6, 6.07) is 2.92. The molecule has 128 valence electrons. The number of carbonyl (C=O) groups is 2. The molecule has 2 rings (SSSR count). The minimum absolute atomic E-state index is 0.208. The Labute approximate surface area is 141 Å². The first kappa shape index (κ1) is 17.8. The van der Waals surface area contributed by atoms with Crippen LogP contribution in [0.25, 0.3) is 11.3 Å². The number of urea groups is 1. The second-order valence-electron chi connectivity index (χ2n) is 4.96. The lowest BCUT2D eigenvalue weighted by atomic mass is 10.2. The Kier molecular flexibility index (Phi) is 6.19. The first-order valence-electron chi connectivity index (χ1n) is 7.20. The highest BCUT2D eigenvalue weighted by Gasteiger charge is 2.10. The van der Waals surface area contributed by atoms with Crippen molar-refractivity contribution in [3.8, 4) is 11.3 Å². The molecule has 0 radical (unpaired) electrons. The maximum Gasteiger partial charge on any atom is 0.312 e. The van der Waals surface area contributed by atoms with Gasteiger partial charge in [0.2, 0.25) is 5.91 Å². The molecule has 0 bridgehead atoms. The smallest absolute Gasteiger partial charge is 0.312 e. The van der Waals surface area contributed by atoms with Crippen molar-refractivity contribution in [2.75, 3.05) is 11.9 Å². The zero-order valence-corrected chi connectivity index (χ0v) is 13.5. The molecule has 1 aromatic heterocycles. The van der Waals surface area contributed by atoms with E-state index in [-0.39, 0.29) is 12.3 Å². The van der Waals surface area contributed by atoms with E-state index in [9.17, 15) is 18.4 Å². The quantitative estimate of drug-likeness (QED) is 0.667. The summed E-state index contributed by atoms with van der Waals surface area (Å²) in [6.07, 6.45) is 1.50. The minimum atomic E-state index is -0.948. The van der Waals surface area contributed by atoms with Crippen LogP contribution in [-0.4, -0.2) is 23.5 Å². The van der Waals surface area contributed by atoms with Crippen molar-refractivity contribution >= 4 is 28.4 Å². The van der Waals surface area contributed by atoms with Gasteiger partial charge in [0.15, 0.2) is 16.8 Å². The lowest BCUT2D eigenvalue weighted by Crippen LogP contribution is -2.30. The monoisotopic (exact) mass is 354 g/mol. The fourth-order valence-electron chi connectivity index (χ4n) is 1.92. The number of amides is 3. The third kappa shape index (κ3) is 5.27. The average Bonchev–Trinajstić information content (AvgIpc) is 2.97. The zero-order chi connectivity index (χ0) is 17.5. The highest BCUT2D eigenvalue weighted by molar-refractivity contribution is 7.14. The normalized spacial score (nSPS) is 10.4. The fraction of sp³-hybridized carbons (Fsp3) is 0.267. The van der Waals surface area contributed by atoms with Gasteiger partial charge in [-0.15, -0.1) is 11.3 Å². The molecule has 0 saturated carbocycles. The van der Waals surface area contributed by atoms with Crippen LogP contribution in [0.4, 0.5) is 18.7 Å². The molecule has 1 aromatic carbocycles. The number of halogens is 2. The Bertz CT molecular complexity index is 736. The molecule has 0 unspecified atom stereocenters. The summed E-state index contributed by atoms with van der Waals surface area (Å²) in [5.74, 6) is -2.08. The SMILES string of the molecule is NC(=O)NCCCCC(=O)Nc1nc(-c2ccc(F)c(F)c2)cs1. The van der Waals surface area contributed by atoms with Gasteiger partial charge in [0.1, 0.15) is 0 Å². The molecule has 9 heteroatoms. The van der Waals surface area contributed by atoms with Gasteiger partial charge in [-0.3, -0.25) is 4.79 Å². The summed E-state index contributed by atoms with van der Waals surface area (Å²) >= 11 is 1.20. The summed E-state index contributed by atoms with van der Waals surface area (Å²) in [5, 5.41) is 7.12. The Hall–Kier alpha value is -2.55. The number of anilines is 1. The van der Waals surface area contributed by atoms with Gasteiger partial charge in [-0.1, -0.05) is 0 Å². The van der Waals surface area contributed by atoms with Crippen molar-refractivity contribution in [3.05, 3.63) is 35.2 Å². The Balaban J connectivity index is 1.83. The number of thiazole rings is 1. The predicted octanol–water partition coefficient (Wildman–Crippen LogP) is 2.87. The summed E-state index contributed by atoms with van der Waals surface area (Å²) < 4.78 is 26.2. The van der Waals surface area contributed by atoms with Crippen LogP contribution < -0.4 is 16.4 Å². The van der Waals surface area contributed by atoms with Gasteiger partial charge in [-0.2, -0.15) is 0 Å². The second-order valence-corrected chi connectivity index (χ2v) is 5.82. The summed E-state index contributed by atoms with van der Waals surface area (Å²) in [5.41, 5.74) is 5.82. The van der Waals surface area contributed by atoms with Crippen molar-refractivity contribution in [1.29, 1.82) is 0 Å². The zero-order valence-electron chi connectivity index (χ0n) is 12.6. The third-order valence-corrected chi connectivity index (χ3v) is 3.85. The lowest BCUT2D eigenvalue weighted by molar-refractivity contribution is -0.116. The number of nitrogens with two attached hydrogens (primary N) is 1. The van der Waals surface area contributed by atoms with Gasteiger partial charge in [0.05, 0.1) is 5.69 Å². The Morgan fingerprint density at radius 2 is 2.00 bits per heavy atom. The van der Waals surface area contributed by atoms with Gasteiger partial charge in [0, 0.05) is 23.9 Å². The number of hydrogen-bond donors (Lipinski definition) is 3. The number of benzene rings is 1. The van der Waals surface area contributed by atoms with E-state index in [0.717, 1.165) is 12.1 Å². The van der Waals surface area contributed by atoms with Crippen molar-refractivity contribution in [3.63, 3.8) is 0 Å². The largest absolute Gasteiger partial charge is 0.352 e. The first-order chi connectivity index (χ1) is 11.5. The number of unbranched alkanes of at least 4 members (excludes halogenated alkanes) is 1. The molecule has 0 saturated heterocycles. The highest BCUT2D eigenvalue weighted by Crippen LogP contribution is 2.26.